The second kappa shape index (κ2) is 6.75. The second-order valence-corrected chi connectivity index (χ2v) is 4.50. The number of hydrogen-bond donors (Lipinski definition) is 2. The number of nitrogens with zero attached hydrogens (tertiary/aromatic N) is 1. The molecule has 7 nitrogen and oxygen atoms in total. The number of carbonyl (C=O) groups excluding carboxylic acids is 2. The summed E-state index contributed by atoms with van der Waals surface area (Å²) in [6, 6.07) is 4.76. The molecule has 0 aliphatic carbocycles. The third-order valence-corrected chi connectivity index (χ3v) is 2.88. The van der Waals surface area contributed by atoms with E-state index in [0.29, 0.717) is 23.7 Å². The number of carbonyl (C=O) groups is 2. The number of methoxy groups -OCH3 is 1. The fourth-order valence-electron chi connectivity index (χ4n) is 1.92. The molecule has 0 atom stereocenters. The smallest absolute Gasteiger partial charge is 0.356 e. The van der Waals surface area contributed by atoms with Crippen LogP contribution in [0.2, 0.25) is 0 Å². The minimum absolute atomic E-state index is 0.201. The van der Waals surface area contributed by atoms with E-state index in [1.54, 1.807) is 19.1 Å². The molecule has 2 aromatic heterocycles. The highest BCUT2D eigenvalue weighted by atomic mass is 16.5. The third-order valence-electron chi connectivity index (χ3n) is 2.88. The average Bonchev–Trinajstić information content (AvgIpc) is 2.87. The SMILES string of the molecule is CCOc1cc(C(=O)Nc2cc(C)[nH]c2C(=O)OC)ccn1. The normalized spacial score (nSPS) is 10.1. The summed E-state index contributed by atoms with van der Waals surface area (Å²) in [6.07, 6.45) is 1.49. The summed E-state index contributed by atoms with van der Waals surface area (Å²) in [5.41, 5.74) is 1.69. The van der Waals surface area contributed by atoms with E-state index in [0.717, 1.165) is 5.69 Å². The number of ether oxygens (including phenoxy) is 2. The molecule has 0 aromatic carbocycles. The molecule has 0 saturated heterocycles. The number of anilines is 1. The van der Waals surface area contributed by atoms with E-state index < -0.39 is 5.97 Å². The van der Waals surface area contributed by atoms with Crippen LogP contribution in [0.15, 0.2) is 24.4 Å². The molecular weight excluding hydrogens is 286 g/mol. The van der Waals surface area contributed by atoms with Crippen LogP contribution in [-0.2, 0) is 4.74 Å². The van der Waals surface area contributed by atoms with Crippen molar-refractivity contribution in [2.75, 3.05) is 19.0 Å². The van der Waals surface area contributed by atoms with E-state index >= 15 is 0 Å². The van der Waals surface area contributed by atoms with Crippen LogP contribution in [-0.4, -0.2) is 35.6 Å². The lowest BCUT2D eigenvalue weighted by atomic mass is 10.2. The van der Waals surface area contributed by atoms with Gasteiger partial charge in [-0.25, -0.2) is 9.78 Å². The quantitative estimate of drug-likeness (QED) is 0.826. The zero-order chi connectivity index (χ0) is 16.1. The molecule has 0 bridgehead atoms. The fourth-order valence-corrected chi connectivity index (χ4v) is 1.92. The van der Waals surface area contributed by atoms with Gasteiger partial charge >= 0.3 is 5.97 Å². The molecule has 0 unspecified atom stereocenters. The first kappa shape index (κ1) is 15.6. The number of hydrogen-bond acceptors (Lipinski definition) is 5. The maximum Gasteiger partial charge on any atom is 0.356 e. The Hall–Kier alpha value is -2.83. The Bertz CT molecular complexity index is 694. The highest BCUT2D eigenvalue weighted by molar-refractivity contribution is 6.07. The molecule has 0 spiro atoms. The Morgan fingerprint density at radius 2 is 2.14 bits per heavy atom. The van der Waals surface area contributed by atoms with Crippen LogP contribution in [0.4, 0.5) is 5.69 Å². The average molecular weight is 303 g/mol. The van der Waals surface area contributed by atoms with Crippen molar-refractivity contribution in [2.45, 2.75) is 13.8 Å². The van der Waals surface area contributed by atoms with E-state index in [1.807, 2.05) is 6.92 Å². The monoisotopic (exact) mass is 303 g/mol. The Morgan fingerprint density at radius 1 is 1.36 bits per heavy atom. The number of H-pyrrole nitrogens is 1. The van der Waals surface area contributed by atoms with Gasteiger partial charge in [0, 0.05) is 23.5 Å². The zero-order valence-corrected chi connectivity index (χ0v) is 12.6. The number of nitrogens with one attached hydrogen (secondary N) is 2. The molecule has 2 rings (SSSR count). The molecule has 2 N–H and O–H groups in total. The van der Waals surface area contributed by atoms with Crippen molar-refractivity contribution in [3.63, 3.8) is 0 Å². The third kappa shape index (κ3) is 3.43. The van der Waals surface area contributed by atoms with Gasteiger partial charge in [-0.15, -0.1) is 0 Å². The Balaban J connectivity index is 2.22. The van der Waals surface area contributed by atoms with Gasteiger partial charge in [-0.05, 0) is 26.0 Å². The zero-order valence-electron chi connectivity index (χ0n) is 12.6. The van der Waals surface area contributed by atoms with Gasteiger partial charge in [-0.2, -0.15) is 0 Å². The summed E-state index contributed by atoms with van der Waals surface area (Å²) in [4.78, 5) is 30.8. The van der Waals surface area contributed by atoms with Gasteiger partial charge in [0.05, 0.1) is 19.4 Å². The van der Waals surface area contributed by atoms with Crippen LogP contribution in [0.25, 0.3) is 0 Å². The van der Waals surface area contributed by atoms with Crippen molar-refractivity contribution in [3.8, 4) is 5.88 Å². The van der Waals surface area contributed by atoms with Gasteiger partial charge in [-0.1, -0.05) is 0 Å². The lowest BCUT2D eigenvalue weighted by molar-refractivity contribution is 0.0596. The maximum absolute atomic E-state index is 12.3. The number of aryl methyl sites for hydroxylation is 1. The lowest BCUT2D eigenvalue weighted by Gasteiger charge is -2.07. The predicted octanol–water partition coefficient (Wildman–Crippen LogP) is 2.16. The van der Waals surface area contributed by atoms with E-state index in [9.17, 15) is 9.59 Å². The summed E-state index contributed by atoms with van der Waals surface area (Å²) in [6.45, 7) is 4.07. The minimum Gasteiger partial charge on any atom is -0.478 e. The van der Waals surface area contributed by atoms with Gasteiger partial charge < -0.3 is 19.8 Å². The predicted molar refractivity (Wildman–Crippen MR) is 80.2 cm³/mol. The van der Waals surface area contributed by atoms with Crippen molar-refractivity contribution in [3.05, 3.63) is 41.3 Å². The van der Waals surface area contributed by atoms with Gasteiger partial charge in [0.1, 0.15) is 5.69 Å². The van der Waals surface area contributed by atoms with Crippen LogP contribution < -0.4 is 10.1 Å². The van der Waals surface area contributed by atoms with Gasteiger partial charge in [0.25, 0.3) is 5.91 Å². The Morgan fingerprint density at radius 3 is 2.82 bits per heavy atom. The summed E-state index contributed by atoms with van der Waals surface area (Å²) < 4.78 is 9.94. The first-order valence-electron chi connectivity index (χ1n) is 6.73. The van der Waals surface area contributed by atoms with E-state index in [4.69, 9.17) is 4.74 Å². The molecule has 2 aromatic rings. The molecule has 0 radical (unpaired) electrons. The molecule has 0 aliphatic heterocycles. The Labute approximate surface area is 127 Å². The Kier molecular flexibility index (Phi) is 4.77. The summed E-state index contributed by atoms with van der Waals surface area (Å²) in [5, 5.41) is 2.68. The van der Waals surface area contributed by atoms with Gasteiger partial charge in [0.15, 0.2) is 0 Å². The molecular formula is C15H17N3O4. The maximum atomic E-state index is 12.3. The van der Waals surface area contributed by atoms with Crippen LogP contribution >= 0.6 is 0 Å². The fraction of sp³-hybridized carbons (Fsp3) is 0.267. The highest BCUT2D eigenvalue weighted by Crippen LogP contribution is 2.19. The first-order chi connectivity index (χ1) is 10.5. The summed E-state index contributed by atoms with van der Waals surface area (Å²) in [7, 11) is 1.28. The van der Waals surface area contributed by atoms with E-state index in [-0.39, 0.29) is 11.6 Å². The topological polar surface area (TPSA) is 93.3 Å². The van der Waals surface area contributed by atoms with Crippen molar-refractivity contribution < 1.29 is 19.1 Å². The van der Waals surface area contributed by atoms with Crippen molar-refractivity contribution in [1.29, 1.82) is 0 Å². The molecule has 22 heavy (non-hydrogen) atoms. The molecule has 116 valence electrons. The van der Waals surface area contributed by atoms with Crippen LogP contribution in [0, 0.1) is 6.92 Å². The standard InChI is InChI=1S/C15H17N3O4/c1-4-22-12-8-10(5-6-16-12)14(19)18-11-7-9(2)17-13(11)15(20)21-3/h5-8,17H,4H2,1-3H3,(H,18,19). The van der Waals surface area contributed by atoms with Crippen molar-refractivity contribution >= 4 is 17.6 Å². The van der Waals surface area contributed by atoms with Crippen molar-refractivity contribution in [1.82, 2.24) is 9.97 Å². The largest absolute Gasteiger partial charge is 0.478 e. The van der Waals surface area contributed by atoms with Gasteiger partial charge in [-0.3, -0.25) is 4.79 Å². The number of aromatic amines is 1. The van der Waals surface area contributed by atoms with Crippen LogP contribution in [0.5, 0.6) is 5.88 Å². The summed E-state index contributed by atoms with van der Waals surface area (Å²) in [5.74, 6) is -0.547. The number of amides is 1. The first-order valence-corrected chi connectivity index (χ1v) is 6.73. The molecule has 1 amide bonds. The highest BCUT2D eigenvalue weighted by Gasteiger charge is 2.17. The molecule has 0 aliphatic rings. The van der Waals surface area contributed by atoms with Crippen LogP contribution in [0.1, 0.15) is 33.5 Å². The summed E-state index contributed by atoms with van der Waals surface area (Å²) >= 11 is 0. The molecule has 7 heteroatoms. The van der Waals surface area contributed by atoms with E-state index in [2.05, 4.69) is 20.0 Å². The molecule has 0 saturated carbocycles. The lowest BCUT2D eigenvalue weighted by Crippen LogP contribution is -2.15. The second-order valence-electron chi connectivity index (χ2n) is 4.50. The number of esters is 1. The number of aromatic nitrogens is 2. The van der Waals surface area contributed by atoms with Gasteiger partial charge in [0.2, 0.25) is 5.88 Å². The minimum atomic E-state index is -0.548. The molecule has 0 fully saturated rings. The van der Waals surface area contributed by atoms with E-state index in [1.165, 1.54) is 19.4 Å². The number of rotatable bonds is 5. The van der Waals surface area contributed by atoms with Crippen molar-refractivity contribution in [2.24, 2.45) is 0 Å². The van der Waals surface area contributed by atoms with Crippen LogP contribution in [0.3, 0.4) is 0 Å². The molecule has 2 heterocycles. The number of pyridine rings is 1.